The van der Waals surface area contributed by atoms with Crippen LogP contribution in [0.25, 0.3) is 16.6 Å². The fourth-order valence-corrected chi connectivity index (χ4v) is 2.38. The fourth-order valence-electron chi connectivity index (χ4n) is 2.38. The topological polar surface area (TPSA) is 89.6 Å². The lowest BCUT2D eigenvalue weighted by molar-refractivity contribution is 0.153. The van der Waals surface area contributed by atoms with E-state index in [1.165, 1.54) is 35.2 Å². The summed E-state index contributed by atoms with van der Waals surface area (Å²) in [6.07, 6.45) is 0.120. The third-order valence-corrected chi connectivity index (χ3v) is 3.34. The number of benzene rings is 1. The first-order chi connectivity index (χ1) is 10.5. The first-order valence-electron chi connectivity index (χ1n) is 6.59. The number of alkyl halides is 2. The number of aromatic amines is 1. The summed E-state index contributed by atoms with van der Waals surface area (Å²) in [6, 6.07) is 3.64. The van der Waals surface area contributed by atoms with Crippen LogP contribution >= 0.6 is 0 Å². The molecule has 22 heavy (non-hydrogen) atoms. The zero-order chi connectivity index (χ0) is 15.9. The number of nitrogens with two attached hydrogens (primary N) is 1. The Hall–Kier alpha value is -2.61. The number of H-pyrrole nitrogens is 1. The van der Waals surface area contributed by atoms with E-state index in [1.807, 2.05) is 0 Å². The third-order valence-electron chi connectivity index (χ3n) is 3.34. The van der Waals surface area contributed by atoms with Crippen molar-refractivity contribution in [2.24, 2.45) is 5.73 Å². The normalized spacial score (nSPS) is 13.0. The molecule has 0 bridgehead atoms. The highest BCUT2D eigenvalue weighted by atomic mass is 19.3. The molecule has 0 saturated heterocycles. The summed E-state index contributed by atoms with van der Waals surface area (Å²) in [5.41, 5.74) is 5.55. The summed E-state index contributed by atoms with van der Waals surface area (Å²) in [7, 11) is 0. The van der Waals surface area contributed by atoms with Gasteiger partial charge in [0, 0.05) is 11.8 Å². The Labute approximate surface area is 123 Å². The average Bonchev–Trinajstić information content (AvgIpc) is 2.99. The van der Waals surface area contributed by atoms with Gasteiger partial charge in [0.1, 0.15) is 5.82 Å². The zero-order valence-electron chi connectivity index (χ0n) is 11.6. The number of nitrogens with zero attached hydrogens (tertiary/aromatic N) is 3. The Kier molecular flexibility index (Phi) is 3.45. The molecule has 0 aliphatic rings. The van der Waals surface area contributed by atoms with Gasteiger partial charge in [0.2, 0.25) is 0 Å². The minimum Gasteiger partial charge on any atom is -0.322 e. The molecule has 114 valence electrons. The maximum absolute atomic E-state index is 13.2. The van der Waals surface area contributed by atoms with Crippen molar-refractivity contribution in [1.29, 1.82) is 0 Å². The van der Waals surface area contributed by atoms with E-state index in [-0.39, 0.29) is 22.3 Å². The number of hydrogen-bond donors (Lipinski definition) is 2. The largest absolute Gasteiger partial charge is 0.322 e. The van der Waals surface area contributed by atoms with Crippen molar-refractivity contribution in [3.05, 3.63) is 52.3 Å². The lowest BCUT2D eigenvalue weighted by Crippen LogP contribution is -2.28. The monoisotopic (exact) mass is 305 g/mol. The quantitative estimate of drug-likeness (QED) is 0.775. The molecule has 0 saturated carbocycles. The molecule has 2 heterocycles. The molecule has 8 heteroatoms. The zero-order valence-corrected chi connectivity index (χ0v) is 11.6. The lowest BCUT2D eigenvalue weighted by atomic mass is 10.1. The van der Waals surface area contributed by atoms with Gasteiger partial charge in [-0.1, -0.05) is 12.1 Å². The minimum absolute atomic E-state index is 0.108. The highest BCUT2D eigenvalue weighted by Gasteiger charge is 2.21. The number of hydrogen-bond acceptors (Lipinski definition) is 4. The van der Waals surface area contributed by atoms with Crippen LogP contribution in [0.3, 0.4) is 0 Å². The first kappa shape index (κ1) is 14.3. The molecular weight excluding hydrogens is 292 g/mol. The first-order valence-corrected chi connectivity index (χ1v) is 6.59. The van der Waals surface area contributed by atoms with Gasteiger partial charge in [-0.05, 0) is 13.0 Å². The van der Waals surface area contributed by atoms with Crippen LogP contribution in [0.4, 0.5) is 8.78 Å². The van der Waals surface area contributed by atoms with Crippen LogP contribution in [0.2, 0.25) is 0 Å². The predicted molar refractivity (Wildman–Crippen MR) is 77.0 cm³/mol. The van der Waals surface area contributed by atoms with Gasteiger partial charge in [0.25, 0.3) is 12.0 Å². The van der Waals surface area contributed by atoms with Gasteiger partial charge >= 0.3 is 0 Å². The molecule has 0 aliphatic heterocycles. The molecule has 6 nitrogen and oxygen atoms in total. The van der Waals surface area contributed by atoms with Gasteiger partial charge in [0.05, 0.1) is 28.8 Å². The fraction of sp³-hybridized carbons (Fsp3) is 0.214. The third kappa shape index (κ3) is 2.17. The number of halogens is 2. The second-order valence-corrected chi connectivity index (χ2v) is 4.90. The summed E-state index contributed by atoms with van der Waals surface area (Å²) >= 11 is 0. The molecule has 1 atom stereocenters. The van der Waals surface area contributed by atoms with Crippen molar-refractivity contribution in [1.82, 2.24) is 19.7 Å². The Morgan fingerprint density at radius 2 is 2.14 bits per heavy atom. The Bertz CT molecular complexity index is 871. The standard InChI is InChI=1S/C14H13F2N5O/c1-7(17)13-20-10-4-2-3-9(12(15)16)11(10)14(22)21(13)8-5-18-19-6-8/h2-7,12H,17H2,1H3,(H,18,19). The van der Waals surface area contributed by atoms with E-state index in [1.54, 1.807) is 6.92 Å². The van der Waals surface area contributed by atoms with E-state index in [2.05, 4.69) is 15.2 Å². The van der Waals surface area contributed by atoms with Crippen LogP contribution in [0.5, 0.6) is 0 Å². The van der Waals surface area contributed by atoms with Crippen molar-refractivity contribution in [2.45, 2.75) is 19.4 Å². The maximum atomic E-state index is 13.2. The van der Waals surface area contributed by atoms with Crippen molar-refractivity contribution in [3.8, 4) is 5.69 Å². The SMILES string of the molecule is CC(N)c1nc2cccc(C(F)F)c2c(=O)n1-c1cn[nH]c1. The summed E-state index contributed by atoms with van der Waals surface area (Å²) in [5, 5.41) is 6.25. The van der Waals surface area contributed by atoms with Gasteiger partial charge in [-0.3, -0.25) is 14.5 Å². The summed E-state index contributed by atoms with van der Waals surface area (Å²) in [6.45, 7) is 1.67. The van der Waals surface area contributed by atoms with Crippen molar-refractivity contribution < 1.29 is 8.78 Å². The molecule has 1 unspecified atom stereocenters. The van der Waals surface area contributed by atoms with Crippen LogP contribution in [-0.4, -0.2) is 19.7 Å². The second kappa shape index (κ2) is 5.30. The van der Waals surface area contributed by atoms with Crippen molar-refractivity contribution in [3.63, 3.8) is 0 Å². The molecule has 0 aliphatic carbocycles. The average molecular weight is 305 g/mol. The summed E-state index contributed by atoms with van der Waals surface area (Å²) in [5.74, 6) is 0.283. The predicted octanol–water partition coefficient (Wildman–Crippen LogP) is 2.07. The van der Waals surface area contributed by atoms with Crippen molar-refractivity contribution >= 4 is 10.9 Å². The molecule has 3 aromatic rings. The molecule has 1 aromatic carbocycles. The molecular formula is C14H13F2N5O. The highest BCUT2D eigenvalue weighted by molar-refractivity contribution is 5.82. The van der Waals surface area contributed by atoms with E-state index in [0.717, 1.165) is 0 Å². The van der Waals surface area contributed by atoms with Gasteiger partial charge in [-0.25, -0.2) is 13.8 Å². The van der Waals surface area contributed by atoms with E-state index >= 15 is 0 Å². The molecule has 0 radical (unpaired) electrons. The van der Waals surface area contributed by atoms with Crippen molar-refractivity contribution in [2.75, 3.05) is 0 Å². The maximum Gasteiger partial charge on any atom is 0.266 e. The van der Waals surface area contributed by atoms with E-state index in [9.17, 15) is 13.6 Å². The van der Waals surface area contributed by atoms with Gasteiger partial charge in [-0.15, -0.1) is 0 Å². The second-order valence-electron chi connectivity index (χ2n) is 4.90. The number of aromatic nitrogens is 4. The molecule has 3 N–H and O–H groups in total. The molecule has 0 amide bonds. The Morgan fingerprint density at radius 3 is 2.73 bits per heavy atom. The molecule has 0 fully saturated rings. The molecule has 2 aromatic heterocycles. The number of rotatable bonds is 3. The van der Waals surface area contributed by atoms with Crippen LogP contribution in [0.1, 0.15) is 30.8 Å². The van der Waals surface area contributed by atoms with Crippen LogP contribution in [0, 0.1) is 0 Å². The van der Waals surface area contributed by atoms with Crippen LogP contribution in [0.15, 0.2) is 35.4 Å². The van der Waals surface area contributed by atoms with E-state index in [0.29, 0.717) is 5.69 Å². The van der Waals surface area contributed by atoms with E-state index < -0.39 is 18.0 Å². The summed E-state index contributed by atoms with van der Waals surface area (Å²) < 4.78 is 27.6. The number of nitrogens with one attached hydrogen (secondary N) is 1. The number of fused-ring (bicyclic) bond motifs is 1. The van der Waals surface area contributed by atoms with E-state index in [4.69, 9.17) is 5.73 Å². The summed E-state index contributed by atoms with van der Waals surface area (Å²) in [4.78, 5) is 17.1. The van der Waals surface area contributed by atoms with Gasteiger partial charge in [-0.2, -0.15) is 5.10 Å². The lowest BCUT2D eigenvalue weighted by Gasteiger charge is -2.15. The smallest absolute Gasteiger partial charge is 0.266 e. The van der Waals surface area contributed by atoms with Gasteiger partial charge in [0.15, 0.2) is 0 Å². The molecule has 0 spiro atoms. The van der Waals surface area contributed by atoms with Gasteiger partial charge < -0.3 is 5.73 Å². The van der Waals surface area contributed by atoms with Crippen LogP contribution in [-0.2, 0) is 0 Å². The Morgan fingerprint density at radius 1 is 1.36 bits per heavy atom. The minimum atomic E-state index is -2.77. The highest BCUT2D eigenvalue weighted by Crippen LogP contribution is 2.26. The van der Waals surface area contributed by atoms with Crippen LogP contribution < -0.4 is 11.3 Å². The molecule has 3 rings (SSSR count). The Balaban J connectivity index is 2.47.